The highest BCUT2D eigenvalue weighted by Crippen LogP contribution is 2.08. The molecule has 0 radical (unpaired) electrons. The van der Waals surface area contributed by atoms with E-state index in [9.17, 15) is 4.79 Å². The van der Waals surface area contributed by atoms with Crippen LogP contribution in [0.3, 0.4) is 0 Å². The van der Waals surface area contributed by atoms with E-state index in [4.69, 9.17) is 0 Å². The minimum absolute atomic E-state index is 0.0550. The molecule has 0 atom stereocenters. The normalized spacial score (nSPS) is 12.0. The lowest BCUT2D eigenvalue weighted by molar-refractivity contribution is -0.870. The van der Waals surface area contributed by atoms with E-state index in [1.807, 2.05) is 6.08 Å². The average molecular weight is 298 g/mol. The molecule has 124 valence electrons. The second kappa shape index (κ2) is 12.9. The van der Waals surface area contributed by atoms with Crippen molar-refractivity contribution in [1.82, 2.24) is 5.32 Å². The molecule has 3 heteroatoms. The van der Waals surface area contributed by atoms with E-state index < -0.39 is 0 Å². The molecule has 0 bridgehead atoms. The first-order chi connectivity index (χ1) is 9.95. The molecule has 0 spiro atoms. The van der Waals surface area contributed by atoms with Crippen molar-refractivity contribution in [2.75, 3.05) is 34.2 Å². The lowest BCUT2D eigenvalue weighted by Crippen LogP contribution is -2.37. The van der Waals surface area contributed by atoms with Gasteiger partial charge in [-0.05, 0) is 18.9 Å². The number of carbonyl (C=O) groups excluding carboxylic acids is 1. The minimum atomic E-state index is 0.0550. The number of nitrogens with zero attached hydrogens (tertiary/aromatic N) is 1. The number of unbranched alkanes of at least 4 members (excludes halogenated alkanes) is 7. The Morgan fingerprint density at radius 3 is 2.19 bits per heavy atom. The summed E-state index contributed by atoms with van der Waals surface area (Å²) >= 11 is 0. The number of hydrogen-bond acceptors (Lipinski definition) is 1. The maximum Gasteiger partial charge on any atom is 0.243 e. The van der Waals surface area contributed by atoms with Crippen molar-refractivity contribution in [2.24, 2.45) is 0 Å². The Hall–Kier alpha value is -0.830. The minimum Gasteiger partial charge on any atom is -0.352 e. The number of rotatable bonds is 13. The summed E-state index contributed by atoms with van der Waals surface area (Å²) in [5.41, 5.74) is 0. The Bertz CT molecular complexity index is 279. The van der Waals surface area contributed by atoms with Gasteiger partial charge in [0.25, 0.3) is 0 Å². The van der Waals surface area contributed by atoms with Crippen LogP contribution in [0.15, 0.2) is 12.2 Å². The number of amides is 1. The van der Waals surface area contributed by atoms with Gasteiger partial charge < -0.3 is 9.80 Å². The van der Waals surface area contributed by atoms with Crippen LogP contribution >= 0.6 is 0 Å². The molecule has 0 saturated carbocycles. The van der Waals surface area contributed by atoms with Crippen LogP contribution in [0.25, 0.3) is 0 Å². The molecule has 0 aromatic heterocycles. The van der Waals surface area contributed by atoms with Crippen LogP contribution in [0.5, 0.6) is 0 Å². The molecule has 0 aromatic rings. The zero-order chi connectivity index (χ0) is 16.0. The van der Waals surface area contributed by atoms with Crippen LogP contribution in [-0.4, -0.2) is 44.6 Å². The van der Waals surface area contributed by atoms with Crippen LogP contribution in [0, 0.1) is 0 Å². The number of allylic oxidation sites excluding steroid dienone is 1. The quantitative estimate of drug-likeness (QED) is 0.312. The zero-order valence-corrected chi connectivity index (χ0v) is 14.8. The summed E-state index contributed by atoms with van der Waals surface area (Å²) in [4.78, 5) is 11.6. The average Bonchev–Trinajstić information content (AvgIpc) is 2.41. The van der Waals surface area contributed by atoms with E-state index in [0.29, 0.717) is 0 Å². The van der Waals surface area contributed by atoms with Gasteiger partial charge in [-0.1, -0.05) is 51.5 Å². The predicted octanol–water partition coefficient (Wildman–Crippen LogP) is 3.90. The molecule has 1 N–H and O–H groups in total. The largest absolute Gasteiger partial charge is 0.352 e. The molecule has 21 heavy (non-hydrogen) atoms. The molecule has 0 aliphatic heterocycles. The molecule has 0 aliphatic carbocycles. The topological polar surface area (TPSA) is 29.1 Å². The van der Waals surface area contributed by atoms with Crippen LogP contribution in [-0.2, 0) is 4.79 Å². The molecular weight excluding hydrogens is 260 g/mol. The molecule has 0 saturated heterocycles. The molecule has 3 nitrogen and oxygen atoms in total. The monoisotopic (exact) mass is 297 g/mol. The maximum absolute atomic E-state index is 11.6. The van der Waals surface area contributed by atoms with Crippen LogP contribution in [0.4, 0.5) is 0 Å². The Labute approximate surface area is 132 Å². The molecule has 0 unspecified atom stereocenters. The predicted molar refractivity (Wildman–Crippen MR) is 92.3 cm³/mol. The van der Waals surface area contributed by atoms with Gasteiger partial charge in [0.2, 0.25) is 5.91 Å². The van der Waals surface area contributed by atoms with Gasteiger partial charge in [-0.3, -0.25) is 4.79 Å². The third-order valence-electron chi connectivity index (χ3n) is 3.55. The first-order valence-corrected chi connectivity index (χ1v) is 8.70. The molecule has 1 amide bonds. The van der Waals surface area contributed by atoms with Gasteiger partial charge in [0.05, 0.1) is 27.7 Å². The number of carbonyl (C=O) groups is 1. The third-order valence-corrected chi connectivity index (χ3v) is 3.55. The molecule has 0 rings (SSSR count). The van der Waals surface area contributed by atoms with E-state index in [0.717, 1.165) is 30.4 Å². The number of nitrogens with one attached hydrogen (secondary N) is 1. The van der Waals surface area contributed by atoms with Gasteiger partial charge in [0, 0.05) is 13.0 Å². The van der Waals surface area contributed by atoms with Crippen molar-refractivity contribution in [3.63, 3.8) is 0 Å². The van der Waals surface area contributed by atoms with E-state index >= 15 is 0 Å². The van der Waals surface area contributed by atoms with Gasteiger partial charge in [0.1, 0.15) is 0 Å². The van der Waals surface area contributed by atoms with Crippen LogP contribution in [0.1, 0.15) is 64.7 Å². The Morgan fingerprint density at radius 1 is 0.952 bits per heavy atom. The highest BCUT2D eigenvalue weighted by molar-refractivity contribution is 5.87. The lowest BCUT2D eigenvalue weighted by atomic mass is 10.1. The van der Waals surface area contributed by atoms with Crippen molar-refractivity contribution < 1.29 is 9.28 Å². The maximum atomic E-state index is 11.6. The summed E-state index contributed by atoms with van der Waals surface area (Å²) in [6.45, 7) is 4.11. The number of hydrogen-bond donors (Lipinski definition) is 1. The standard InChI is InChI=1S/C18H36N2O/c1-5-6-7-8-9-10-11-12-13-15-18(21)19-16-14-17-20(2,3)4/h13,15H,5-12,14,16-17H2,1-4H3/p+1. The second-order valence-electron chi connectivity index (χ2n) is 6.97. The van der Waals surface area contributed by atoms with Crippen molar-refractivity contribution in [3.8, 4) is 0 Å². The summed E-state index contributed by atoms with van der Waals surface area (Å²) in [6, 6.07) is 0. The van der Waals surface area contributed by atoms with Gasteiger partial charge in [0.15, 0.2) is 0 Å². The van der Waals surface area contributed by atoms with E-state index in [-0.39, 0.29) is 5.91 Å². The van der Waals surface area contributed by atoms with Gasteiger partial charge in [-0.15, -0.1) is 0 Å². The summed E-state index contributed by atoms with van der Waals surface area (Å²) < 4.78 is 0.948. The summed E-state index contributed by atoms with van der Waals surface area (Å²) in [6.07, 6.45) is 15.0. The summed E-state index contributed by atoms with van der Waals surface area (Å²) in [5.74, 6) is 0.0550. The number of quaternary nitrogens is 1. The third kappa shape index (κ3) is 17.1. The van der Waals surface area contributed by atoms with Gasteiger partial charge >= 0.3 is 0 Å². The van der Waals surface area contributed by atoms with E-state index in [1.54, 1.807) is 6.08 Å². The van der Waals surface area contributed by atoms with Gasteiger partial charge in [-0.25, -0.2) is 0 Å². The van der Waals surface area contributed by atoms with Crippen molar-refractivity contribution in [1.29, 1.82) is 0 Å². The lowest BCUT2D eigenvalue weighted by Gasteiger charge is -2.23. The zero-order valence-electron chi connectivity index (χ0n) is 14.8. The molecule has 0 aromatic carbocycles. The first-order valence-electron chi connectivity index (χ1n) is 8.70. The molecular formula is C18H37N2O+. The highest BCUT2D eigenvalue weighted by atomic mass is 16.1. The second-order valence-corrected chi connectivity index (χ2v) is 6.97. The Kier molecular flexibility index (Phi) is 12.4. The fourth-order valence-corrected chi connectivity index (χ4v) is 2.23. The summed E-state index contributed by atoms with van der Waals surface area (Å²) in [7, 11) is 6.51. The Balaban J connectivity index is 3.38. The van der Waals surface area contributed by atoms with E-state index in [2.05, 4.69) is 33.4 Å². The van der Waals surface area contributed by atoms with Crippen molar-refractivity contribution >= 4 is 5.91 Å². The Morgan fingerprint density at radius 2 is 1.57 bits per heavy atom. The van der Waals surface area contributed by atoms with Crippen LogP contribution in [0.2, 0.25) is 0 Å². The van der Waals surface area contributed by atoms with E-state index in [1.165, 1.54) is 44.9 Å². The van der Waals surface area contributed by atoms with Crippen LogP contribution < -0.4 is 5.32 Å². The highest BCUT2D eigenvalue weighted by Gasteiger charge is 2.05. The van der Waals surface area contributed by atoms with Crippen molar-refractivity contribution in [2.45, 2.75) is 64.7 Å². The fourth-order valence-electron chi connectivity index (χ4n) is 2.23. The SMILES string of the molecule is CCCCCCCCCC=CC(=O)NCCC[N+](C)(C)C. The fraction of sp³-hybridized carbons (Fsp3) is 0.833. The van der Waals surface area contributed by atoms with Crippen molar-refractivity contribution in [3.05, 3.63) is 12.2 Å². The van der Waals surface area contributed by atoms with Gasteiger partial charge in [-0.2, -0.15) is 0 Å². The molecule has 0 heterocycles. The smallest absolute Gasteiger partial charge is 0.243 e. The first kappa shape index (κ1) is 20.2. The molecule has 0 fully saturated rings. The molecule has 0 aliphatic rings. The summed E-state index contributed by atoms with van der Waals surface area (Å²) in [5, 5.41) is 2.94.